The second kappa shape index (κ2) is 6.96. The summed E-state index contributed by atoms with van der Waals surface area (Å²) in [7, 11) is 1.78. The molecule has 0 aromatic carbocycles. The molecule has 2 rings (SSSR count). The van der Waals surface area contributed by atoms with E-state index in [1.807, 2.05) is 20.8 Å². The topological polar surface area (TPSA) is 58.4 Å². The van der Waals surface area contributed by atoms with Crippen LogP contribution in [0, 0.1) is 20.8 Å². The fourth-order valence-electron chi connectivity index (χ4n) is 2.31. The molecule has 0 aliphatic rings. The maximum absolute atomic E-state index is 12.3. The van der Waals surface area contributed by atoms with Crippen molar-refractivity contribution < 1.29 is 9.32 Å². The molecule has 1 N–H and O–H groups in total. The number of carbonyl (C=O) groups excluding carboxylic acids is 1. The Morgan fingerprint density at radius 3 is 2.68 bits per heavy atom. The molecule has 120 valence electrons. The zero-order valence-corrected chi connectivity index (χ0v) is 14.6. The number of nitrogens with zero attached hydrogens (tertiary/aromatic N) is 2. The minimum absolute atomic E-state index is 0.0826. The quantitative estimate of drug-likeness (QED) is 0.918. The van der Waals surface area contributed by atoms with E-state index in [0.717, 1.165) is 23.4 Å². The number of rotatable bonds is 5. The van der Waals surface area contributed by atoms with Gasteiger partial charge < -0.3 is 14.7 Å². The van der Waals surface area contributed by atoms with Crippen LogP contribution in [0.5, 0.6) is 0 Å². The lowest BCUT2D eigenvalue weighted by atomic mass is 10.2. The first-order valence-corrected chi connectivity index (χ1v) is 8.17. The number of hydrogen-bond donors (Lipinski definition) is 1. The average molecular weight is 321 g/mol. The molecular formula is C16H23N3O2S. The van der Waals surface area contributed by atoms with Gasteiger partial charge in [0.05, 0.1) is 12.2 Å². The Labute approximate surface area is 135 Å². The molecular weight excluding hydrogens is 298 g/mol. The Kier molecular flexibility index (Phi) is 5.24. The summed E-state index contributed by atoms with van der Waals surface area (Å²) in [5.74, 6) is 0.763. The van der Waals surface area contributed by atoms with Crippen LogP contribution in [0.2, 0.25) is 0 Å². The molecule has 0 spiro atoms. The molecule has 5 nitrogen and oxygen atoms in total. The highest BCUT2D eigenvalue weighted by Crippen LogP contribution is 2.17. The minimum Gasteiger partial charge on any atom is -0.361 e. The van der Waals surface area contributed by atoms with Crippen LogP contribution >= 0.6 is 11.3 Å². The molecule has 2 heterocycles. The number of nitrogens with one attached hydrogen (secondary N) is 1. The maximum atomic E-state index is 12.3. The highest BCUT2D eigenvalue weighted by atomic mass is 32.1. The Hall–Kier alpha value is -1.82. The summed E-state index contributed by atoms with van der Waals surface area (Å²) in [6.07, 6.45) is 0.851. The highest BCUT2D eigenvalue weighted by molar-refractivity contribution is 7.11. The fraction of sp³-hybridized carbons (Fsp3) is 0.500. The number of aromatic nitrogens is 1. The van der Waals surface area contributed by atoms with Gasteiger partial charge in [-0.15, -0.1) is 11.3 Å². The van der Waals surface area contributed by atoms with Crippen molar-refractivity contribution in [3.8, 4) is 0 Å². The maximum Gasteiger partial charge on any atom is 0.317 e. The van der Waals surface area contributed by atoms with Gasteiger partial charge in [0.15, 0.2) is 0 Å². The predicted molar refractivity (Wildman–Crippen MR) is 88.2 cm³/mol. The van der Waals surface area contributed by atoms with Crippen molar-refractivity contribution >= 4 is 17.4 Å². The van der Waals surface area contributed by atoms with E-state index in [9.17, 15) is 4.79 Å². The van der Waals surface area contributed by atoms with E-state index < -0.39 is 0 Å². The zero-order chi connectivity index (χ0) is 16.3. The van der Waals surface area contributed by atoms with Gasteiger partial charge in [-0.25, -0.2) is 4.79 Å². The van der Waals surface area contributed by atoms with Gasteiger partial charge >= 0.3 is 6.03 Å². The Bertz CT molecular complexity index is 628. The van der Waals surface area contributed by atoms with Gasteiger partial charge in [-0.1, -0.05) is 5.16 Å². The molecule has 2 aromatic heterocycles. The Balaban J connectivity index is 1.88. The van der Waals surface area contributed by atoms with Crippen LogP contribution in [-0.2, 0) is 13.0 Å². The molecule has 0 saturated carbocycles. The van der Waals surface area contributed by atoms with Gasteiger partial charge in [0, 0.05) is 34.8 Å². The van der Waals surface area contributed by atoms with Gasteiger partial charge in [0.1, 0.15) is 5.76 Å². The first kappa shape index (κ1) is 16.5. The molecule has 2 amide bonds. The zero-order valence-electron chi connectivity index (χ0n) is 13.8. The van der Waals surface area contributed by atoms with E-state index in [0.29, 0.717) is 6.54 Å². The third kappa shape index (κ3) is 4.10. The third-order valence-electron chi connectivity index (χ3n) is 3.60. The van der Waals surface area contributed by atoms with Crippen molar-refractivity contribution in [1.29, 1.82) is 0 Å². The first-order valence-electron chi connectivity index (χ1n) is 7.35. The van der Waals surface area contributed by atoms with E-state index in [1.165, 1.54) is 9.75 Å². The highest BCUT2D eigenvalue weighted by Gasteiger charge is 2.17. The number of aryl methyl sites for hydroxylation is 3. The molecule has 2 aromatic rings. The smallest absolute Gasteiger partial charge is 0.317 e. The van der Waals surface area contributed by atoms with Crippen molar-refractivity contribution in [2.45, 2.75) is 46.7 Å². The van der Waals surface area contributed by atoms with E-state index in [2.05, 4.69) is 29.5 Å². The van der Waals surface area contributed by atoms with Crippen molar-refractivity contribution in [1.82, 2.24) is 15.4 Å². The molecule has 0 unspecified atom stereocenters. The Morgan fingerprint density at radius 1 is 1.41 bits per heavy atom. The van der Waals surface area contributed by atoms with Gasteiger partial charge in [-0.3, -0.25) is 0 Å². The summed E-state index contributed by atoms with van der Waals surface area (Å²) in [5.41, 5.74) is 1.80. The second-order valence-corrected chi connectivity index (χ2v) is 7.10. The van der Waals surface area contributed by atoms with E-state index in [4.69, 9.17) is 4.52 Å². The molecule has 0 fully saturated rings. The Morgan fingerprint density at radius 2 is 2.14 bits per heavy atom. The van der Waals surface area contributed by atoms with Crippen molar-refractivity contribution in [2.24, 2.45) is 0 Å². The van der Waals surface area contributed by atoms with Gasteiger partial charge in [0.2, 0.25) is 0 Å². The molecule has 6 heteroatoms. The van der Waals surface area contributed by atoms with Crippen LogP contribution < -0.4 is 5.32 Å². The third-order valence-corrected chi connectivity index (χ3v) is 4.62. The van der Waals surface area contributed by atoms with Crippen molar-refractivity contribution in [3.05, 3.63) is 38.9 Å². The SMILES string of the molecule is Cc1ccc(C[C@@H](C)NC(=O)N(C)Cc2c(C)noc2C)s1. The van der Waals surface area contributed by atoms with Crippen LogP contribution in [0.3, 0.4) is 0 Å². The standard InChI is InChI=1S/C16H23N3O2S/c1-10(8-14-7-6-11(2)22-14)17-16(20)19(5)9-15-12(3)18-21-13(15)4/h6-7,10H,8-9H2,1-5H3,(H,17,20)/t10-/m1/s1. The molecule has 0 saturated heterocycles. The van der Waals surface area contributed by atoms with Crippen LogP contribution in [0.4, 0.5) is 4.79 Å². The van der Waals surface area contributed by atoms with Crippen LogP contribution in [0.25, 0.3) is 0 Å². The van der Waals surface area contributed by atoms with Crippen molar-refractivity contribution in [3.63, 3.8) is 0 Å². The number of amides is 2. The van der Waals surface area contributed by atoms with Crippen LogP contribution in [0.1, 0.15) is 33.7 Å². The molecule has 0 aliphatic carbocycles. The monoisotopic (exact) mass is 321 g/mol. The van der Waals surface area contributed by atoms with E-state index in [1.54, 1.807) is 23.3 Å². The van der Waals surface area contributed by atoms with Gasteiger partial charge in [0.25, 0.3) is 0 Å². The summed E-state index contributed by atoms with van der Waals surface area (Å²) in [6, 6.07) is 4.24. The van der Waals surface area contributed by atoms with Crippen LogP contribution in [0.15, 0.2) is 16.7 Å². The second-order valence-electron chi connectivity index (χ2n) is 5.73. The molecule has 1 atom stereocenters. The number of carbonyl (C=O) groups is 1. The summed E-state index contributed by atoms with van der Waals surface area (Å²) >= 11 is 1.77. The lowest BCUT2D eigenvalue weighted by molar-refractivity contribution is 0.203. The fourth-order valence-corrected chi connectivity index (χ4v) is 3.32. The summed E-state index contributed by atoms with van der Waals surface area (Å²) < 4.78 is 5.13. The van der Waals surface area contributed by atoms with E-state index >= 15 is 0 Å². The van der Waals surface area contributed by atoms with Gasteiger partial charge in [-0.2, -0.15) is 0 Å². The first-order chi connectivity index (χ1) is 10.4. The number of thiophene rings is 1. The molecule has 0 radical (unpaired) electrons. The normalized spacial score (nSPS) is 12.2. The molecule has 0 aliphatic heterocycles. The molecule has 22 heavy (non-hydrogen) atoms. The summed E-state index contributed by atoms with van der Waals surface area (Å²) in [5, 5.41) is 6.95. The lowest BCUT2D eigenvalue weighted by Gasteiger charge is -2.21. The number of hydrogen-bond acceptors (Lipinski definition) is 4. The van der Waals surface area contributed by atoms with E-state index in [-0.39, 0.29) is 12.1 Å². The van der Waals surface area contributed by atoms with Crippen LogP contribution in [-0.4, -0.2) is 29.2 Å². The largest absolute Gasteiger partial charge is 0.361 e. The lowest BCUT2D eigenvalue weighted by Crippen LogP contribution is -2.42. The predicted octanol–water partition coefficient (Wildman–Crippen LogP) is 3.43. The summed E-state index contributed by atoms with van der Waals surface area (Å²) in [6.45, 7) is 8.37. The van der Waals surface area contributed by atoms with Crippen molar-refractivity contribution in [2.75, 3.05) is 7.05 Å². The minimum atomic E-state index is -0.0826. The average Bonchev–Trinajstić information content (AvgIpc) is 2.98. The summed E-state index contributed by atoms with van der Waals surface area (Å²) in [4.78, 5) is 16.5. The number of urea groups is 1. The molecule has 0 bridgehead atoms. The van der Waals surface area contributed by atoms with Gasteiger partial charge in [-0.05, 0) is 39.8 Å².